The highest BCUT2D eigenvalue weighted by molar-refractivity contribution is 5.94. The summed E-state index contributed by atoms with van der Waals surface area (Å²) >= 11 is 0. The quantitative estimate of drug-likeness (QED) is 0.360. The Morgan fingerprint density at radius 3 is 2.38 bits per heavy atom. The van der Waals surface area contributed by atoms with Crippen molar-refractivity contribution in [2.45, 2.75) is 26.9 Å². The average molecular weight is 454 g/mol. The average Bonchev–Trinajstić information content (AvgIpc) is 3.35. The highest BCUT2D eigenvalue weighted by atomic mass is 16.5. The molecule has 0 saturated heterocycles. The molecule has 3 aromatic carbocycles. The second-order valence-electron chi connectivity index (χ2n) is 8.88. The number of ether oxygens (including phenoxy) is 1. The highest BCUT2D eigenvalue weighted by Crippen LogP contribution is 2.30. The number of methoxy groups -OCH3 is 1. The third kappa shape index (κ3) is 3.90. The predicted molar refractivity (Wildman–Crippen MR) is 135 cm³/mol. The maximum absolute atomic E-state index is 12.0. The first kappa shape index (κ1) is 21.7. The van der Waals surface area contributed by atoms with Gasteiger partial charge in [0.05, 0.1) is 41.3 Å². The van der Waals surface area contributed by atoms with Crippen LogP contribution in [0.1, 0.15) is 29.8 Å². The minimum atomic E-state index is -0.372. The SMILES string of the molecule is COC(=O)c1ccc2c(c1)nc(-c1ccc3c(c1)nc(N)n3Cc1ccccc1)n2CC(C)C. The van der Waals surface area contributed by atoms with Gasteiger partial charge in [0, 0.05) is 12.1 Å². The first-order chi connectivity index (χ1) is 16.4. The lowest BCUT2D eigenvalue weighted by molar-refractivity contribution is 0.0601. The number of hydrogen-bond donors (Lipinski definition) is 1. The summed E-state index contributed by atoms with van der Waals surface area (Å²) in [5.41, 5.74) is 12.4. The summed E-state index contributed by atoms with van der Waals surface area (Å²) in [6.07, 6.45) is 0. The van der Waals surface area contributed by atoms with Crippen molar-refractivity contribution in [1.29, 1.82) is 0 Å². The fourth-order valence-corrected chi connectivity index (χ4v) is 4.36. The number of fused-ring (bicyclic) bond motifs is 2. The van der Waals surface area contributed by atoms with Gasteiger partial charge < -0.3 is 19.6 Å². The third-order valence-electron chi connectivity index (χ3n) is 5.94. The Balaban J connectivity index is 1.61. The molecule has 0 fully saturated rings. The molecule has 34 heavy (non-hydrogen) atoms. The van der Waals surface area contributed by atoms with Crippen molar-refractivity contribution in [2.24, 2.45) is 5.92 Å². The minimum Gasteiger partial charge on any atom is -0.465 e. The predicted octanol–water partition coefficient (Wildman–Crippen LogP) is 5.13. The van der Waals surface area contributed by atoms with Crippen LogP contribution in [0.25, 0.3) is 33.5 Å². The van der Waals surface area contributed by atoms with Crippen molar-refractivity contribution < 1.29 is 9.53 Å². The number of imidazole rings is 2. The van der Waals surface area contributed by atoms with Gasteiger partial charge in [-0.2, -0.15) is 0 Å². The van der Waals surface area contributed by atoms with Gasteiger partial charge in [0.25, 0.3) is 0 Å². The highest BCUT2D eigenvalue weighted by Gasteiger charge is 2.18. The van der Waals surface area contributed by atoms with E-state index in [0.717, 1.165) is 45.6 Å². The van der Waals surface area contributed by atoms with Crippen LogP contribution >= 0.6 is 0 Å². The van der Waals surface area contributed by atoms with Gasteiger partial charge in [-0.3, -0.25) is 0 Å². The fraction of sp³-hybridized carbons (Fsp3) is 0.222. The molecule has 7 heteroatoms. The fourth-order valence-electron chi connectivity index (χ4n) is 4.36. The number of anilines is 1. The molecule has 2 heterocycles. The Bertz CT molecular complexity index is 1500. The van der Waals surface area contributed by atoms with Crippen LogP contribution in [0.5, 0.6) is 0 Å². The Morgan fingerprint density at radius 2 is 1.65 bits per heavy atom. The van der Waals surface area contributed by atoms with Crippen LogP contribution in [0.15, 0.2) is 66.7 Å². The van der Waals surface area contributed by atoms with E-state index in [9.17, 15) is 4.79 Å². The number of nitrogen functional groups attached to an aromatic ring is 1. The normalized spacial score (nSPS) is 11.5. The molecular weight excluding hydrogens is 426 g/mol. The van der Waals surface area contributed by atoms with Crippen LogP contribution in [0.3, 0.4) is 0 Å². The Kier molecular flexibility index (Phi) is 5.53. The zero-order chi connectivity index (χ0) is 23.8. The molecule has 0 radical (unpaired) electrons. The topological polar surface area (TPSA) is 88.0 Å². The van der Waals surface area contributed by atoms with Crippen molar-refractivity contribution >= 4 is 34.0 Å². The second kappa shape index (κ2) is 8.67. The molecule has 0 spiro atoms. The molecule has 0 atom stereocenters. The Hall–Kier alpha value is -4.13. The van der Waals surface area contributed by atoms with Crippen molar-refractivity contribution in [3.05, 3.63) is 77.9 Å². The van der Waals surface area contributed by atoms with Crippen LogP contribution in [0.2, 0.25) is 0 Å². The van der Waals surface area contributed by atoms with Crippen LogP contribution in [-0.4, -0.2) is 32.2 Å². The summed E-state index contributed by atoms with van der Waals surface area (Å²) in [5, 5.41) is 0. The van der Waals surface area contributed by atoms with Crippen molar-refractivity contribution in [3.8, 4) is 11.4 Å². The van der Waals surface area contributed by atoms with E-state index in [0.29, 0.717) is 24.0 Å². The maximum atomic E-state index is 12.0. The van der Waals surface area contributed by atoms with E-state index < -0.39 is 0 Å². The summed E-state index contributed by atoms with van der Waals surface area (Å²) in [5.74, 6) is 1.36. The number of carbonyl (C=O) groups is 1. The first-order valence-electron chi connectivity index (χ1n) is 11.3. The molecule has 0 aliphatic heterocycles. The van der Waals surface area contributed by atoms with Gasteiger partial charge in [-0.05, 0) is 47.9 Å². The Labute approximate surface area is 197 Å². The van der Waals surface area contributed by atoms with Crippen LogP contribution in [0.4, 0.5) is 5.95 Å². The zero-order valence-electron chi connectivity index (χ0n) is 19.5. The molecule has 0 aliphatic carbocycles. The van der Waals surface area contributed by atoms with Gasteiger partial charge >= 0.3 is 5.97 Å². The molecule has 0 saturated carbocycles. The summed E-state index contributed by atoms with van der Waals surface area (Å²) in [7, 11) is 1.38. The van der Waals surface area contributed by atoms with E-state index in [2.05, 4.69) is 47.7 Å². The summed E-state index contributed by atoms with van der Waals surface area (Å²) < 4.78 is 9.10. The van der Waals surface area contributed by atoms with Gasteiger partial charge in [0.15, 0.2) is 0 Å². The molecular formula is C27H27N5O2. The molecule has 0 unspecified atom stereocenters. The number of esters is 1. The number of rotatable bonds is 6. The number of nitrogens with zero attached hydrogens (tertiary/aromatic N) is 4. The van der Waals surface area contributed by atoms with E-state index in [1.54, 1.807) is 12.1 Å². The molecule has 2 aromatic heterocycles. The van der Waals surface area contributed by atoms with Gasteiger partial charge in [0.2, 0.25) is 5.95 Å². The van der Waals surface area contributed by atoms with Crippen molar-refractivity contribution in [3.63, 3.8) is 0 Å². The monoisotopic (exact) mass is 453 g/mol. The molecule has 5 rings (SSSR count). The summed E-state index contributed by atoms with van der Waals surface area (Å²) in [4.78, 5) is 21.6. The maximum Gasteiger partial charge on any atom is 0.337 e. The number of carbonyl (C=O) groups excluding carboxylic acids is 1. The van der Waals surface area contributed by atoms with Gasteiger partial charge in [-0.15, -0.1) is 0 Å². The smallest absolute Gasteiger partial charge is 0.337 e. The molecule has 0 amide bonds. The van der Waals surface area contributed by atoms with Crippen molar-refractivity contribution in [2.75, 3.05) is 12.8 Å². The Morgan fingerprint density at radius 1 is 0.941 bits per heavy atom. The lowest BCUT2D eigenvalue weighted by atomic mass is 10.1. The molecule has 2 N–H and O–H groups in total. The largest absolute Gasteiger partial charge is 0.465 e. The second-order valence-corrected chi connectivity index (χ2v) is 8.88. The molecule has 0 aliphatic rings. The number of aromatic nitrogens is 4. The van der Waals surface area contributed by atoms with E-state index in [1.165, 1.54) is 7.11 Å². The van der Waals surface area contributed by atoms with E-state index in [1.807, 2.05) is 34.9 Å². The lowest BCUT2D eigenvalue weighted by Crippen LogP contribution is -2.06. The summed E-state index contributed by atoms with van der Waals surface area (Å²) in [6, 6.07) is 21.9. The van der Waals surface area contributed by atoms with Crippen molar-refractivity contribution in [1.82, 2.24) is 19.1 Å². The number of benzene rings is 3. The summed E-state index contributed by atoms with van der Waals surface area (Å²) in [6.45, 7) is 5.80. The van der Waals surface area contributed by atoms with Gasteiger partial charge in [0.1, 0.15) is 5.82 Å². The number of hydrogen-bond acceptors (Lipinski definition) is 5. The van der Waals surface area contributed by atoms with Gasteiger partial charge in [-0.1, -0.05) is 44.2 Å². The first-order valence-corrected chi connectivity index (χ1v) is 11.3. The van der Waals surface area contributed by atoms with Gasteiger partial charge in [-0.25, -0.2) is 14.8 Å². The van der Waals surface area contributed by atoms with E-state index in [-0.39, 0.29) is 5.97 Å². The van der Waals surface area contributed by atoms with Crippen LogP contribution < -0.4 is 5.73 Å². The van der Waals surface area contributed by atoms with Crippen LogP contribution in [0, 0.1) is 5.92 Å². The van der Waals surface area contributed by atoms with E-state index >= 15 is 0 Å². The molecule has 7 nitrogen and oxygen atoms in total. The lowest BCUT2D eigenvalue weighted by Gasteiger charge is -2.12. The minimum absolute atomic E-state index is 0.372. The molecule has 172 valence electrons. The molecule has 0 bridgehead atoms. The number of nitrogens with two attached hydrogens (primary N) is 1. The zero-order valence-corrected chi connectivity index (χ0v) is 19.5. The van der Waals surface area contributed by atoms with E-state index in [4.69, 9.17) is 15.5 Å². The third-order valence-corrected chi connectivity index (χ3v) is 5.94. The standard InChI is InChI=1S/C27H27N5O2/c1-17(2)15-31-23-12-10-20(26(33)34-3)14-21(23)29-25(31)19-9-11-24-22(13-19)30-27(28)32(24)16-18-7-5-4-6-8-18/h4-14,17H,15-16H2,1-3H3,(H2,28,30). The molecule has 5 aromatic rings. The van der Waals surface area contributed by atoms with Crippen LogP contribution in [-0.2, 0) is 17.8 Å².